The molecule has 1 aliphatic rings. The van der Waals surface area contributed by atoms with Crippen molar-refractivity contribution >= 4 is 11.9 Å². The second-order valence-corrected chi connectivity index (χ2v) is 5.78. The minimum Gasteiger partial charge on any atom is -0.449 e. The summed E-state index contributed by atoms with van der Waals surface area (Å²) in [5.74, 6) is -3.28. The number of hydrogen-bond donors (Lipinski definition) is 0. The van der Waals surface area contributed by atoms with Crippen molar-refractivity contribution in [3.05, 3.63) is 29.8 Å². The van der Waals surface area contributed by atoms with Gasteiger partial charge in [-0.2, -0.15) is 13.2 Å². The number of halogens is 4. The molecule has 1 aromatic rings. The topological polar surface area (TPSA) is 59.5 Å². The van der Waals surface area contributed by atoms with E-state index >= 15 is 0 Å². The fraction of sp³-hybridized carbons (Fsp3) is 0.533. The van der Waals surface area contributed by atoms with E-state index in [0.29, 0.717) is 12.0 Å². The van der Waals surface area contributed by atoms with E-state index < -0.39 is 36.5 Å². The van der Waals surface area contributed by atoms with Crippen LogP contribution in [0, 0.1) is 11.7 Å². The lowest BCUT2D eigenvalue weighted by molar-refractivity contribution is -0.190. The Morgan fingerprint density at radius 2 is 2.04 bits per heavy atom. The van der Waals surface area contributed by atoms with Crippen molar-refractivity contribution < 1.29 is 31.9 Å². The fourth-order valence-corrected chi connectivity index (χ4v) is 2.66. The van der Waals surface area contributed by atoms with Gasteiger partial charge < -0.3 is 9.64 Å². The minimum atomic E-state index is -4.71. The summed E-state index contributed by atoms with van der Waals surface area (Å²) in [6, 6.07) is 0.560. The summed E-state index contributed by atoms with van der Waals surface area (Å²) in [6.45, 7) is 0.190. The van der Waals surface area contributed by atoms with Crippen LogP contribution in [0.15, 0.2) is 18.5 Å². The van der Waals surface area contributed by atoms with Gasteiger partial charge in [-0.15, -0.1) is 0 Å². The Labute approximate surface area is 135 Å². The van der Waals surface area contributed by atoms with Gasteiger partial charge in [0.25, 0.3) is 0 Å². The van der Waals surface area contributed by atoms with E-state index in [0.717, 1.165) is 17.5 Å². The van der Waals surface area contributed by atoms with Crippen LogP contribution in [0.4, 0.5) is 17.6 Å². The van der Waals surface area contributed by atoms with Gasteiger partial charge in [0, 0.05) is 12.7 Å². The Kier molecular flexibility index (Phi) is 5.40. The van der Waals surface area contributed by atoms with Crippen molar-refractivity contribution in [1.29, 1.82) is 0 Å². The third kappa shape index (κ3) is 4.65. The number of carbonyl (C=O) groups excluding carboxylic acids is 2. The molecule has 0 bridgehead atoms. The SMILES string of the molecule is C[C@H]1CC[C@H](c2cncc(F)c2)N(C(=O)C(=O)OCC(F)(F)F)C1. The summed E-state index contributed by atoms with van der Waals surface area (Å²) in [4.78, 5) is 28.7. The highest BCUT2D eigenvalue weighted by Gasteiger charge is 2.37. The molecule has 5 nitrogen and oxygen atoms in total. The smallest absolute Gasteiger partial charge is 0.422 e. The molecule has 0 N–H and O–H groups in total. The molecule has 0 unspecified atom stereocenters. The van der Waals surface area contributed by atoms with Gasteiger partial charge in [-0.1, -0.05) is 6.92 Å². The molecule has 0 spiro atoms. The number of rotatable bonds is 2. The zero-order valence-corrected chi connectivity index (χ0v) is 12.8. The Morgan fingerprint density at radius 3 is 2.67 bits per heavy atom. The number of pyridine rings is 1. The Morgan fingerprint density at radius 1 is 1.33 bits per heavy atom. The highest BCUT2D eigenvalue weighted by molar-refractivity contribution is 6.32. The molecule has 1 fully saturated rings. The summed E-state index contributed by atoms with van der Waals surface area (Å²) < 4.78 is 53.7. The number of hydrogen-bond acceptors (Lipinski definition) is 4. The van der Waals surface area contributed by atoms with Crippen LogP contribution in [0.2, 0.25) is 0 Å². The zero-order valence-electron chi connectivity index (χ0n) is 12.8. The maximum Gasteiger partial charge on any atom is 0.422 e. The van der Waals surface area contributed by atoms with Gasteiger partial charge in [0.2, 0.25) is 0 Å². The molecule has 2 atom stereocenters. The van der Waals surface area contributed by atoms with Gasteiger partial charge >= 0.3 is 18.1 Å². The normalized spacial score (nSPS) is 21.5. The van der Waals surface area contributed by atoms with Gasteiger partial charge in [0.05, 0.1) is 12.2 Å². The first-order valence-corrected chi connectivity index (χ1v) is 7.32. The van der Waals surface area contributed by atoms with Crippen LogP contribution in [0.1, 0.15) is 31.4 Å². The second kappa shape index (κ2) is 7.14. The lowest BCUT2D eigenvalue weighted by atomic mass is 9.90. The molecule has 0 aliphatic carbocycles. The van der Waals surface area contributed by atoms with Gasteiger partial charge in [-0.3, -0.25) is 9.78 Å². The summed E-state index contributed by atoms with van der Waals surface area (Å²) in [5.41, 5.74) is 0.388. The van der Waals surface area contributed by atoms with E-state index in [4.69, 9.17) is 0 Å². The first-order valence-electron chi connectivity index (χ1n) is 7.32. The van der Waals surface area contributed by atoms with Crippen LogP contribution in [0.5, 0.6) is 0 Å². The van der Waals surface area contributed by atoms with Gasteiger partial charge in [-0.25, -0.2) is 9.18 Å². The van der Waals surface area contributed by atoms with Gasteiger partial charge in [0.1, 0.15) is 5.82 Å². The third-order valence-electron chi connectivity index (χ3n) is 3.73. The van der Waals surface area contributed by atoms with Crippen molar-refractivity contribution in [2.45, 2.75) is 32.0 Å². The average molecular weight is 348 g/mol. The van der Waals surface area contributed by atoms with Crippen LogP contribution in [0.3, 0.4) is 0 Å². The Hall–Kier alpha value is -2.19. The molecular weight excluding hydrogens is 332 g/mol. The van der Waals surface area contributed by atoms with E-state index in [1.165, 1.54) is 12.3 Å². The van der Waals surface area contributed by atoms with E-state index in [-0.39, 0.29) is 12.5 Å². The highest BCUT2D eigenvalue weighted by atomic mass is 19.4. The number of esters is 1. The lowest BCUT2D eigenvalue weighted by Crippen LogP contribution is -2.45. The molecule has 0 saturated carbocycles. The highest BCUT2D eigenvalue weighted by Crippen LogP contribution is 2.33. The van der Waals surface area contributed by atoms with Crippen molar-refractivity contribution in [2.24, 2.45) is 5.92 Å². The number of alkyl halides is 3. The number of nitrogens with zero attached hydrogens (tertiary/aromatic N) is 2. The molecule has 132 valence electrons. The summed E-state index contributed by atoms with van der Waals surface area (Å²) in [7, 11) is 0. The monoisotopic (exact) mass is 348 g/mol. The molecule has 2 rings (SSSR count). The predicted molar refractivity (Wildman–Crippen MR) is 74.1 cm³/mol. The van der Waals surface area contributed by atoms with E-state index in [1.807, 2.05) is 6.92 Å². The second-order valence-electron chi connectivity index (χ2n) is 5.78. The molecule has 1 aliphatic heterocycles. The van der Waals surface area contributed by atoms with Gasteiger partial charge in [-0.05, 0) is 30.4 Å². The molecule has 0 aromatic carbocycles. The maximum absolute atomic E-state index is 13.4. The molecule has 24 heavy (non-hydrogen) atoms. The van der Waals surface area contributed by atoms with Crippen molar-refractivity contribution in [1.82, 2.24) is 9.88 Å². The Bertz CT molecular complexity index is 621. The number of carbonyl (C=O) groups is 2. The molecule has 1 amide bonds. The summed E-state index contributed by atoms with van der Waals surface area (Å²) in [5, 5.41) is 0. The molecule has 2 heterocycles. The molecule has 1 aromatic heterocycles. The number of aromatic nitrogens is 1. The largest absolute Gasteiger partial charge is 0.449 e. The molecule has 9 heteroatoms. The lowest BCUT2D eigenvalue weighted by Gasteiger charge is -2.38. The third-order valence-corrected chi connectivity index (χ3v) is 3.73. The van der Waals surface area contributed by atoms with Crippen LogP contribution in [-0.4, -0.2) is 41.1 Å². The zero-order chi connectivity index (χ0) is 17.9. The van der Waals surface area contributed by atoms with E-state index in [9.17, 15) is 27.2 Å². The molecule has 1 saturated heterocycles. The summed E-state index contributed by atoms with van der Waals surface area (Å²) >= 11 is 0. The first kappa shape index (κ1) is 18.2. The van der Waals surface area contributed by atoms with Gasteiger partial charge in [0.15, 0.2) is 6.61 Å². The number of ether oxygens (including phenoxy) is 1. The van der Waals surface area contributed by atoms with Crippen LogP contribution >= 0.6 is 0 Å². The minimum absolute atomic E-state index is 0.0575. The fourth-order valence-electron chi connectivity index (χ4n) is 2.66. The standard InChI is InChI=1S/C15H16F4N2O3/c1-9-2-3-12(10-4-11(16)6-20-5-10)21(7-9)13(22)14(23)24-8-15(17,18)19/h4-6,9,12H,2-3,7-8H2,1H3/t9-,12+/m0/s1. The van der Waals surface area contributed by atoms with Crippen LogP contribution < -0.4 is 0 Å². The first-order chi connectivity index (χ1) is 11.2. The van der Waals surface area contributed by atoms with E-state index in [1.54, 1.807) is 0 Å². The average Bonchev–Trinajstić information content (AvgIpc) is 2.51. The summed E-state index contributed by atoms with van der Waals surface area (Å²) in [6.07, 6.45) is -1.17. The van der Waals surface area contributed by atoms with Crippen molar-refractivity contribution in [3.8, 4) is 0 Å². The molecule has 0 radical (unpaired) electrons. The Balaban J connectivity index is 2.16. The van der Waals surface area contributed by atoms with E-state index in [2.05, 4.69) is 9.72 Å². The number of amides is 1. The molecular formula is C15H16F4N2O3. The quantitative estimate of drug-likeness (QED) is 0.468. The van der Waals surface area contributed by atoms with Crippen LogP contribution in [0.25, 0.3) is 0 Å². The van der Waals surface area contributed by atoms with Crippen LogP contribution in [-0.2, 0) is 14.3 Å². The number of likely N-dealkylation sites (tertiary alicyclic amines) is 1. The maximum atomic E-state index is 13.4. The van der Waals surface area contributed by atoms with Crippen molar-refractivity contribution in [2.75, 3.05) is 13.2 Å². The number of piperidine rings is 1. The predicted octanol–water partition coefficient (Wildman–Crippen LogP) is 2.63. The van der Waals surface area contributed by atoms with Crippen molar-refractivity contribution in [3.63, 3.8) is 0 Å².